The number of hydrogen-bond acceptors (Lipinski definition) is 7. The summed E-state index contributed by atoms with van der Waals surface area (Å²) in [4.78, 5) is 0.608. The van der Waals surface area contributed by atoms with E-state index in [0.717, 1.165) is 12.8 Å². The third-order valence-corrected chi connectivity index (χ3v) is 7.60. The standard InChI is InChI=1S/C31H59NO6S/c1-28(2,3)18-30(7,8)16-25(39)32-20(22(34)15-24(35)31(9,10)19-29(4,5)6)17-38-23-14-12-11-13-21(33)26(36)27(23)37/h11,13,20-24,26-27,33-37H,12,14-19H2,1-10H3,(H,32,39). The Morgan fingerprint density at radius 1 is 0.923 bits per heavy atom. The van der Waals surface area contributed by atoms with Crippen molar-refractivity contribution in [2.75, 3.05) is 6.61 Å². The molecule has 230 valence electrons. The van der Waals surface area contributed by atoms with Crippen LogP contribution in [-0.4, -0.2) is 79.8 Å². The predicted molar refractivity (Wildman–Crippen MR) is 163 cm³/mol. The van der Waals surface area contributed by atoms with E-state index in [0.29, 0.717) is 24.3 Å². The van der Waals surface area contributed by atoms with E-state index in [-0.39, 0.29) is 29.3 Å². The number of rotatable bonds is 12. The molecule has 0 spiro atoms. The topological polar surface area (TPSA) is 122 Å². The van der Waals surface area contributed by atoms with Gasteiger partial charge in [0.2, 0.25) is 0 Å². The van der Waals surface area contributed by atoms with E-state index in [1.54, 1.807) is 6.08 Å². The minimum absolute atomic E-state index is 0.0156. The smallest absolute Gasteiger partial charge is 0.112 e. The van der Waals surface area contributed by atoms with Crippen LogP contribution >= 0.6 is 12.2 Å². The van der Waals surface area contributed by atoms with Crippen molar-refractivity contribution in [1.82, 2.24) is 5.32 Å². The lowest BCUT2D eigenvalue weighted by Gasteiger charge is -2.39. The van der Waals surface area contributed by atoms with Crippen molar-refractivity contribution in [3.05, 3.63) is 12.2 Å². The molecule has 7 atom stereocenters. The van der Waals surface area contributed by atoms with Gasteiger partial charge in [-0.15, -0.1) is 0 Å². The molecule has 39 heavy (non-hydrogen) atoms. The quantitative estimate of drug-likeness (QED) is 0.149. The van der Waals surface area contributed by atoms with Gasteiger partial charge in [-0.25, -0.2) is 0 Å². The highest BCUT2D eigenvalue weighted by molar-refractivity contribution is 7.80. The molecule has 0 aromatic carbocycles. The summed E-state index contributed by atoms with van der Waals surface area (Å²) >= 11 is 5.74. The first-order valence-electron chi connectivity index (χ1n) is 14.5. The Kier molecular flexibility index (Phi) is 13.6. The van der Waals surface area contributed by atoms with Gasteiger partial charge in [-0.3, -0.25) is 0 Å². The van der Waals surface area contributed by atoms with Crippen molar-refractivity contribution in [3.8, 4) is 0 Å². The van der Waals surface area contributed by atoms with Crippen LogP contribution in [0.3, 0.4) is 0 Å². The van der Waals surface area contributed by atoms with Gasteiger partial charge in [0.25, 0.3) is 0 Å². The zero-order valence-electron chi connectivity index (χ0n) is 26.2. The molecule has 0 aromatic heterocycles. The van der Waals surface area contributed by atoms with Gasteiger partial charge in [-0.05, 0) is 47.3 Å². The number of nitrogens with one attached hydrogen (secondary N) is 1. The molecular weight excluding hydrogens is 514 g/mol. The van der Waals surface area contributed by atoms with Crippen LogP contribution in [0, 0.1) is 21.7 Å². The summed E-state index contributed by atoms with van der Waals surface area (Å²) in [5, 5.41) is 56.8. The molecule has 0 radical (unpaired) electrons. The number of allylic oxidation sites excluding steroid dienone is 1. The van der Waals surface area contributed by atoms with Crippen LogP contribution in [0.2, 0.25) is 0 Å². The second kappa shape index (κ2) is 14.5. The van der Waals surface area contributed by atoms with E-state index >= 15 is 0 Å². The third kappa shape index (κ3) is 13.7. The van der Waals surface area contributed by atoms with Crippen LogP contribution in [0.25, 0.3) is 0 Å². The molecule has 0 saturated heterocycles. The SMILES string of the molecule is CC(C)(C)CC(C)(C)CC(=S)NC(COC1CCC=CC(O)C(O)C1O)C(O)CC(O)C(C)(C)CC(C)(C)C. The Labute approximate surface area is 243 Å². The lowest BCUT2D eigenvalue weighted by atomic mass is 9.71. The van der Waals surface area contributed by atoms with Gasteiger partial charge in [0, 0.05) is 12.8 Å². The first kappa shape index (κ1) is 36.4. The van der Waals surface area contributed by atoms with Gasteiger partial charge in [0.05, 0.1) is 35.9 Å². The molecule has 7 unspecified atom stereocenters. The Morgan fingerprint density at radius 3 is 2.03 bits per heavy atom. The highest BCUT2D eigenvalue weighted by atomic mass is 32.1. The van der Waals surface area contributed by atoms with Crippen molar-refractivity contribution in [1.29, 1.82) is 0 Å². The molecule has 0 fully saturated rings. The maximum absolute atomic E-state index is 11.3. The first-order valence-corrected chi connectivity index (χ1v) is 14.9. The second-order valence-corrected chi connectivity index (χ2v) is 16.1. The molecule has 1 aliphatic rings. The van der Waals surface area contributed by atoms with Gasteiger partial charge < -0.3 is 35.6 Å². The zero-order chi connectivity index (χ0) is 30.4. The first-order chi connectivity index (χ1) is 17.5. The average molecular weight is 574 g/mol. The van der Waals surface area contributed by atoms with Crippen molar-refractivity contribution in [2.24, 2.45) is 21.7 Å². The third-order valence-electron chi connectivity index (χ3n) is 7.33. The molecule has 7 nitrogen and oxygen atoms in total. The Balaban J connectivity index is 3.06. The lowest BCUT2D eigenvalue weighted by molar-refractivity contribution is -0.125. The summed E-state index contributed by atoms with van der Waals surface area (Å²) in [5.74, 6) is 0. The maximum atomic E-state index is 11.3. The van der Waals surface area contributed by atoms with Crippen LogP contribution in [0.15, 0.2) is 12.2 Å². The minimum atomic E-state index is -1.37. The van der Waals surface area contributed by atoms with Gasteiger partial charge in [-0.2, -0.15) is 0 Å². The molecule has 0 amide bonds. The molecule has 0 bridgehead atoms. The monoisotopic (exact) mass is 573 g/mol. The van der Waals surface area contributed by atoms with E-state index < -0.39 is 48.1 Å². The number of thiocarbonyl (C=S) groups is 1. The molecule has 8 heteroatoms. The fraction of sp³-hybridized carbons (Fsp3) is 0.903. The predicted octanol–water partition coefficient (Wildman–Crippen LogP) is 4.52. The summed E-state index contributed by atoms with van der Waals surface area (Å²) < 4.78 is 6.07. The number of aliphatic hydroxyl groups excluding tert-OH is 5. The highest BCUT2D eigenvalue weighted by Gasteiger charge is 2.37. The Hall–Kier alpha value is -0.610. The molecule has 0 saturated carbocycles. The summed E-state index contributed by atoms with van der Waals surface area (Å²) in [5.41, 5.74) is -0.319. The van der Waals surface area contributed by atoms with Gasteiger partial charge >= 0.3 is 0 Å². The molecule has 1 rings (SSSR count). The fourth-order valence-electron chi connectivity index (χ4n) is 6.25. The normalized spacial score (nSPS) is 25.9. The van der Waals surface area contributed by atoms with Crippen LogP contribution in [-0.2, 0) is 4.74 Å². The van der Waals surface area contributed by atoms with Gasteiger partial charge in [0.1, 0.15) is 18.3 Å². The van der Waals surface area contributed by atoms with Crippen LogP contribution < -0.4 is 5.32 Å². The summed E-state index contributed by atoms with van der Waals surface area (Å²) in [7, 11) is 0. The van der Waals surface area contributed by atoms with E-state index in [4.69, 9.17) is 17.0 Å². The molecule has 0 aliphatic heterocycles. The summed E-state index contributed by atoms with van der Waals surface area (Å²) in [6.45, 7) is 21.4. The average Bonchev–Trinajstić information content (AvgIpc) is 2.71. The minimum Gasteiger partial charge on any atom is -0.392 e. The van der Waals surface area contributed by atoms with Crippen molar-refractivity contribution >= 4 is 17.2 Å². The largest absolute Gasteiger partial charge is 0.392 e. The van der Waals surface area contributed by atoms with E-state index in [1.165, 1.54) is 6.08 Å². The summed E-state index contributed by atoms with van der Waals surface area (Å²) in [6.07, 6.45) is 0.499. The number of hydrogen-bond donors (Lipinski definition) is 6. The van der Waals surface area contributed by atoms with Crippen LogP contribution in [0.5, 0.6) is 0 Å². The fourth-order valence-corrected chi connectivity index (χ4v) is 6.79. The van der Waals surface area contributed by atoms with E-state index in [9.17, 15) is 25.5 Å². The van der Waals surface area contributed by atoms with Crippen molar-refractivity contribution < 1.29 is 30.3 Å². The van der Waals surface area contributed by atoms with E-state index in [1.807, 2.05) is 13.8 Å². The Bertz CT molecular complexity index is 785. The van der Waals surface area contributed by atoms with Gasteiger partial charge in [0.15, 0.2) is 0 Å². The zero-order valence-corrected chi connectivity index (χ0v) is 27.0. The number of aliphatic hydroxyl groups is 5. The maximum Gasteiger partial charge on any atom is 0.112 e. The molecule has 0 aromatic rings. The van der Waals surface area contributed by atoms with Crippen molar-refractivity contribution in [2.45, 2.75) is 150 Å². The molecule has 1 aliphatic carbocycles. The van der Waals surface area contributed by atoms with Crippen LogP contribution in [0.1, 0.15) is 108 Å². The molecular formula is C31H59NO6S. The van der Waals surface area contributed by atoms with Gasteiger partial charge in [-0.1, -0.05) is 93.6 Å². The summed E-state index contributed by atoms with van der Waals surface area (Å²) in [6, 6.07) is -0.627. The molecule has 6 N–H and O–H groups in total. The van der Waals surface area contributed by atoms with Crippen molar-refractivity contribution in [3.63, 3.8) is 0 Å². The van der Waals surface area contributed by atoms with E-state index in [2.05, 4.69) is 60.7 Å². The Morgan fingerprint density at radius 2 is 1.49 bits per heavy atom. The van der Waals surface area contributed by atoms with Crippen LogP contribution in [0.4, 0.5) is 0 Å². The number of ether oxygens (including phenoxy) is 1. The lowest BCUT2D eigenvalue weighted by Crippen LogP contribution is -2.51. The second-order valence-electron chi connectivity index (χ2n) is 15.6. The highest BCUT2D eigenvalue weighted by Crippen LogP contribution is 2.38. The molecule has 0 heterocycles.